The maximum atomic E-state index is 13.1. The normalized spacial score (nSPS) is 14.6. The summed E-state index contributed by atoms with van der Waals surface area (Å²) in [7, 11) is 1.72. The molecule has 0 aliphatic carbocycles. The molecule has 3 heterocycles. The molecule has 10 nitrogen and oxygen atoms in total. The summed E-state index contributed by atoms with van der Waals surface area (Å²) in [6.45, 7) is 3.03. The van der Waals surface area contributed by atoms with Crippen LogP contribution in [0.4, 0.5) is 5.69 Å². The average Bonchev–Trinajstić information content (AvgIpc) is 3.43. The number of imide groups is 1. The number of carbonyl (C=O) groups is 3. The highest BCUT2D eigenvalue weighted by Crippen LogP contribution is 2.40. The predicted molar refractivity (Wildman–Crippen MR) is 128 cm³/mol. The van der Waals surface area contributed by atoms with Gasteiger partial charge in [0, 0.05) is 60.4 Å². The second-order valence-electron chi connectivity index (χ2n) is 8.32. The molecule has 1 aliphatic heterocycles. The highest BCUT2D eigenvalue weighted by molar-refractivity contribution is 6.50. The number of rotatable bonds is 5. The molecule has 2 aromatic carbocycles. The maximum absolute atomic E-state index is 13.1. The van der Waals surface area contributed by atoms with Crippen molar-refractivity contribution in [1.29, 1.82) is 0 Å². The minimum Gasteiger partial charge on any atom is -0.442 e. The fourth-order valence-corrected chi connectivity index (χ4v) is 4.66. The molecule has 0 radical (unpaired) electrons. The molecule has 1 atom stereocenters. The first-order valence-electron chi connectivity index (χ1n) is 10.8. The number of benzene rings is 2. The lowest BCUT2D eigenvalue weighted by atomic mass is 9.95. The van der Waals surface area contributed by atoms with Crippen molar-refractivity contribution < 1.29 is 24.0 Å². The third-order valence-electron chi connectivity index (χ3n) is 6.12. The van der Waals surface area contributed by atoms with Gasteiger partial charge in [-0.3, -0.25) is 29.8 Å². The maximum Gasteiger partial charge on any atom is 0.304 e. The zero-order valence-corrected chi connectivity index (χ0v) is 19.1. The molecule has 1 N–H and O–H groups in total. The SMILES string of the molecule is CC(=O)OC(C)n1cc(C2=C(c3cn(C)c4cc([N+](=O)[O-])ccc34)C(=O)NC2=O)c2ccccc21. The Hall–Kier alpha value is -4.73. The molecule has 176 valence electrons. The highest BCUT2D eigenvalue weighted by atomic mass is 16.6. The Balaban J connectivity index is 1.78. The molecule has 2 amide bonds. The van der Waals surface area contributed by atoms with Gasteiger partial charge in [0.25, 0.3) is 17.5 Å². The Bertz CT molecular complexity index is 1620. The van der Waals surface area contributed by atoms with Crippen molar-refractivity contribution >= 4 is 56.4 Å². The van der Waals surface area contributed by atoms with Crippen LogP contribution in [0, 0.1) is 10.1 Å². The van der Waals surface area contributed by atoms with Crippen molar-refractivity contribution in [3.05, 3.63) is 76.1 Å². The number of ether oxygens (including phenoxy) is 1. The third kappa shape index (κ3) is 3.46. The molecule has 0 bridgehead atoms. The molecule has 35 heavy (non-hydrogen) atoms. The van der Waals surface area contributed by atoms with Crippen LogP contribution in [0.3, 0.4) is 0 Å². The first-order valence-corrected chi connectivity index (χ1v) is 10.8. The molecular weight excluding hydrogens is 452 g/mol. The van der Waals surface area contributed by atoms with E-state index < -0.39 is 28.9 Å². The van der Waals surface area contributed by atoms with Crippen molar-refractivity contribution in [2.45, 2.75) is 20.1 Å². The molecule has 1 unspecified atom stereocenters. The van der Waals surface area contributed by atoms with Gasteiger partial charge in [-0.2, -0.15) is 0 Å². The average molecular weight is 472 g/mol. The summed E-state index contributed by atoms with van der Waals surface area (Å²) in [5.74, 6) is -1.55. The van der Waals surface area contributed by atoms with Gasteiger partial charge in [-0.05, 0) is 19.1 Å². The fraction of sp³-hybridized carbons (Fsp3) is 0.160. The number of aromatic nitrogens is 2. The number of nitrogens with one attached hydrogen (secondary N) is 1. The van der Waals surface area contributed by atoms with Crippen LogP contribution in [0.1, 0.15) is 31.2 Å². The number of nitrogens with zero attached hydrogens (tertiary/aromatic N) is 3. The minimum absolute atomic E-state index is 0.0751. The number of nitro benzene ring substituents is 1. The van der Waals surface area contributed by atoms with E-state index in [1.54, 1.807) is 41.6 Å². The van der Waals surface area contributed by atoms with E-state index in [2.05, 4.69) is 5.32 Å². The van der Waals surface area contributed by atoms with Crippen molar-refractivity contribution in [1.82, 2.24) is 14.5 Å². The summed E-state index contributed by atoms with van der Waals surface area (Å²) in [4.78, 5) is 48.4. The number of esters is 1. The molecule has 0 spiro atoms. The van der Waals surface area contributed by atoms with E-state index in [1.165, 1.54) is 19.1 Å². The Kier molecular flexibility index (Phi) is 5.01. The van der Waals surface area contributed by atoms with Crippen LogP contribution in [0.15, 0.2) is 54.9 Å². The molecule has 4 aromatic rings. The number of carbonyl (C=O) groups excluding carboxylic acids is 3. The van der Waals surface area contributed by atoms with Crippen LogP contribution in [0.25, 0.3) is 33.0 Å². The van der Waals surface area contributed by atoms with Gasteiger partial charge in [-0.15, -0.1) is 0 Å². The number of amides is 2. The van der Waals surface area contributed by atoms with Gasteiger partial charge in [0.05, 0.1) is 27.1 Å². The summed E-state index contributed by atoms with van der Waals surface area (Å²) >= 11 is 0. The zero-order chi connectivity index (χ0) is 25.0. The molecule has 1 aliphatic rings. The van der Waals surface area contributed by atoms with Crippen LogP contribution in [-0.4, -0.2) is 31.8 Å². The quantitative estimate of drug-likeness (QED) is 0.204. The predicted octanol–water partition coefficient (Wildman–Crippen LogP) is 3.69. The van der Waals surface area contributed by atoms with Crippen molar-refractivity contribution in [2.75, 3.05) is 0 Å². The molecule has 10 heteroatoms. The first kappa shape index (κ1) is 22.1. The van der Waals surface area contributed by atoms with Gasteiger partial charge in [0.15, 0.2) is 6.23 Å². The number of nitro groups is 1. The second-order valence-corrected chi connectivity index (χ2v) is 8.32. The Labute approximate surface area is 198 Å². The number of aryl methyl sites for hydroxylation is 1. The number of hydrogen-bond donors (Lipinski definition) is 1. The lowest BCUT2D eigenvalue weighted by Crippen LogP contribution is -2.22. The summed E-state index contributed by atoms with van der Waals surface area (Å²) in [5, 5.41) is 14.9. The van der Waals surface area contributed by atoms with Gasteiger partial charge in [0.2, 0.25) is 0 Å². The van der Waals surface area contributed by atoms with E-state index in [0.29, 0.717) is 27.4 Å². The van der Waals surface area contributed by atoms with Crippen LogP contribution in [-0.2, 0) is 26.2 Å². The monoisotopic (exact) mass is 472 g/mol. The van der Waals surface area contributed by atoms with Gasteiger partial charge in [0.1, 0.15) is 0 Å². The van der Waals surface area contributed by atoms with E-state index in [9.17, 15) is 24.5 Å². The second kappa shape index (κ2) is 7.94. The topological polar surface area (TPSA) is 125 Å². The van der Waals surface area contributed by atoms with Crippen LogP contribution < -0.4 is 5.32 Å². The highest BCUT2D eigenvalue weighted by Gasteiger charge is 2.35. The third-order valence-corrected chi connectivity index (χ3v) is 6.12. The number of fused-ring (bicyclic) bond motifs is 2. The summed E-state index contributed by atoms with van der Waals surface area (Å²) in [6.07, 6.45) is 2.73. The Morgan fingerprint density at radius 2 is 1.63 bits per heavy atom. The molecule has 0 saturated carbocycles. The van der Waals surface area contributed by atoms with E-state index in [1.807, 2.05) is 24.3 Å². The van der Waals surface area contributed by atoms with Crippen molar-refractivity contribution in [2.24, 2.45) is 7.05 Å². The van der Waals surface area contributed by atoms with Crippen LogP contribution in [0.5, 0.6) is 0 Å². The van der Waals surface area contributed by atoms with Crippen LogP contribution >= 0.6 is 0 Å². The van der Waals surface area contributed by atoms with E-state index in [-0.39, 0.29) is 16.8 Å². The van der Waals surface area contributed by atoms with Gasteiger partial charge in [-0.1, -0.05) is 18.2 Å². The lowest BCUT2D eigenvalue weighted by molar-refractivity contribution is -0.384. The Morgan fingerprint density at radius 1 is 1.00 bits per heavy atom. The summed E-state index contributed by atoms with van der Waals surface area (Å²) < 4.78 is 8.77. The van der Waals surface area contributed by atoms with E-state index in [4.69, 9.17) is 4.74 Å². The molecule has 0 fully saturated rings. The molecule has 2 aromatic heterocycles. The Morgan fingerprint density at radius 3 is 2.29 bits per heavy atom. The first-order chi connectivity index (χ1) is 16.7. The smallest absolute Gasteiger partial charge is 0.304 e. The number of para-hydroxylation sites is 1. The molecule has 5 rings (SSSR count). The van der Waals surface area contributed by atoms with Gasteiger partial charge < -0.3 is 13.9 Å². The molecular formula is C25H20N4O6. The fourth-order valence-electron chi connectivity index (χ4n) is 4.66. The lowest BCUT2D eigenvalue weighted by Gasteiger charge is -2.14. The van der Waals surface area contributed by atoms with Crippen molar-refractivity contribution in [3.8, 4) is 0 Å². The summed E-state index contributed by atoms with van der Waals surface area (Å²) in [5.41, 5.74) is 2.57. The van der Waals surface area contributed by atoms with Gasteiger partial charge >= 0.3 is 5.97 Å². The van der Waals surface area contributed by atoms with E-state index >= 15 is 0 Å². The largest absolute Gasteiger partial charge is 0.442 e. The summed E-state index contributed by atoms with van der Waals surface area (Å²) in [6, 6.07) is 11.7. The van der Waals surface area contributed by atoms with E-state index in [0.717, 1.165) is 5.52 Å². The zero-order valence-electron chi connectivity index (χ0n) is 19.1. The van der Waals surface area contributed by atoms with Crippen molar-refractivity contribution in [3.63, 3.8) is 0 Å². The van der Waals surface area contributed by atoms with Gasteiger partial charge in [-0.25, -0.2) is 0 Å². The molecule has 0 saturated heterocycles. The minimum atomic E-state index is -0.645. The number of hydrogen-bond acceptors (Lipinski definition) is 6. The van der Waals surface area contributed by atoms with Crippen LogP contribution in [0.2, 0.25) is 0 Å². The standard InChI is InChI=1S/C25H20N4O6/c1-13(35-14(2)30)28-12-19(16-6-4-5-7-20(16)28)23-22(24(31)26-25(23)32)18-11-27(3)21-10-15(29(33)34)8-9-17(18)21/h4-13H,1-3H3,(H,26,31,32). The number of non-ortho nitro benzene ring substituents is 1.